The Bertz CT molecular complexity index is 471. The van der Waals surface area contributed by atoms with Crippen molar-refractivity contribution in [2.45, 2.75) is 40.2 Å². The van der Waals surface area contributed by atoms with Crippen LogP contribution < -0.4 is 15.8 Å². The lowest BCUT2D eigenvalue weighted by atomic mass is 10.0. The van der Waals surface area contributed by atoms with Gasteiger partial charge in [-0.1, -0.05) is 19.1 Å². The minimum absolute atomic E-state index is 0.224. The van der Waals surface area contributed by atoms with Gasteiger partial charge in [0.2, 0.25) is 5.91 Å². The summed E-state index contributed by atoms with van der Waals surface area (Å²) in [6.45, 7) is 10.6. The molecule has 1 unspecified atom stereocenters. The summed E-state index contributed by atoms with van der Waals surface area (Å²) in [4.78, 5) is 11.5. The van der Waals surface area contributed by atoms with Gasteiger partial charge in [-0.05, 0) is 50.9 Å². The number of amides is 1. The first-order valence-electron chi connectivity index (χ1n) is 6.56. The Labute approximate surface area is 115 Å². The summed E-state index contributed by atoms with van der Waals surface area (Å²) in [6, 6.07) is 4.08. The zero-order valence-corrected chi connectivity index (χ0v) is 12.5. The summed E-state index contributed by atoms with van der Waals surface area (Å²) < 4.78 is 5.86. The Morgan fingerprint density at radius 1 is 1.32 bits per heavy atom. The number of aryl methyl sites for hydroxylation is 2. The number of ether oxygens (including phenoxy) is 1. The molecule has 4 nitrogen and oxygen atoms in total. The van der Waals surface area contributed by atoms with Crippen molar-refractivity contribution < 1.29 is 9.53 Å². The van der Waals surface area contributed by atoms with Gasteiger partial charge in [-0.25, -0.2) is 0 Å². The Morgan fingerprint density at radius 3 is 2.42 bits per heavy atom. The highest BCUT2D eigenvalue weighted by Gasteiger charge is 2.31. The van der Waals surface area contributed by atoms with Gasteiger partial charge < -0.3 is 15.8 Å². The second-order valence-electron chi connectivity index (χ2n) is 5.17. The first-order valence-corrected chi connectivity index (χ1v) is 6.56. The zero-order chi connectivity index (χ0) is 14.6. The van der Waals surface area contributed by atoms with E-state index < -0.39 is 11.4 Å². The standard InChI is InChI=1S/C15H24N2O2/c1-6-17-15(5,14(16)18)9-19-13-11(3)8-7-10(2)12(13)4/h7-8,17H,6,9H2,1-5H3,(H2,16,18). The molecule has 0 bridgehead atoms. The first-order chi connectivity index (χ1) is 8.81. The molecule has 0 saturated carbocycles. The summed E-state index contributed by atoms with van der Waals surface area (Å²) in [6.07, 6.45) is 0. The number of primary amides is 1. The zero-order valence-electron chi connectivity index (χ0n) is 12.5. The highest BCUT2D eigenvalue weighted by atomic mass is 16.5. The molecular formula is C15H24N2O2. The lowest BCUT2D eigenvalue weighted by Gasteiger charge is -2.28. The van der Waals surface area contributed by atoms with Crippen molar-refractivity contribution in [3.8, 4) is 5.75 Å². The van der Waals surface area contributed by atoms with Gasteiger partial charge in [0, 0.05) is 0 Å². The molecule has 0 fully saturated rings. The van der Waals surface area contributed by atoms with Crippen molar-refractivity contribution in [1.29, 1.82) is 0 Å². The second kappa shape index (κ2) is 6.06. The lowest BCUT2D eigenvalue weighted by Crippen LogP contribution is -2.57. The van der Waals surface area contributed by atoms with Crippen LogP contribution in [0.2, 0.25) is 0 Å². The van der Waals surface area contributed by atoms with E-state index in [9.17, 15) is 4.79 Å². The maximum Gasteiger partial charge on any atom is 0.240 e. The third-order valence-electron chi connectivity index (χ3n) is 3.49. The van der Waals surface area contributed by atoms with Crippen LogP contribution in [0.25, 0.3) is 0 Å². The van der Waals surface area contributed by atoms with Crippen LogP contribution in [0.15, 0.2) is 12.1 Å². The number of carbonyl (C=O) groups excluding carboxylic acids is 1. The fourth-order valence-corrected chi connectivity index (χ4v) is 1.96. The number of likely N-dealkylation sites (N-methyl/N-ethyl adjacent to an activating group) is 1. The summed E-state index contributed by atoms with van der Waals surface area (Å²) in [5, 5.41) is 3.08. The second-order valence-corrected chi connectivity index (χ2v) is 5.17. The molecule has 0 aliphatic rings. The van der Waals surface area contributed by atoms with Crippen molar-refractivity contribution in [2.75, 3.05) is 13.2 Å². The monoisotopic (exact) mass is 264 g/mol. The topological polar surface area (TPSA) is 64.3 Å². The number of nitrogens with two attached hydrogens (primary N) is 1. The molecular weight excluding hydrogens is 240 g/mol. The molecule has 1 aromatic rings. The van der Waals surface area contributed by atoms with E-state index >= 15 is 0 Å². The third-order valence-corrected chi connectivity index (χ3v) is 3.49. The SMILES string of the molecule is CCNC(C)(COc1c(C)ccc(C)c1C)C(N)=O. The van der Waals surface area contributed by atoms with Crippen molar-refractivity contribution in [3.05, 3.63) is 28.8 Å². The van der Waals surface area contributed by atoms with Gasteiger partial charge in [0.05, 0.1) is 0 Å². The summed E-state index contributed by atoms with van der Waals surface area (Å²) in [5.74, 6) is 0.433. The number of rotatable bonds is 6. The lowest BCUT2D eigenvalue weighted by molar-refractivity contribution is -0.124. The highest BCUT2D eigenvalue weighted by molar-refractivity contribution is 5.84. The Morgan fingerprint density at radius 2 is 1.89 bits per heavy atom. The number of hydrogen-bond acceptors (Lipinski definition) is 3. The molecule has 19 heavy (non-hydrogen) atoms. The van der Waals surface area contributed by atoms with Crippen LogP contribution in [0.1, 0.15) is 30.5 Å². The van der Waals surface area contributed by atoms with Crippen LogP contribution in [-0.4, -0.2) is 24.6 Å². The molecule has 0 aliphatic carbocycles. The van der Waals surface area contributed by atoms with Crippen LogP contribution >= 0.6 is 0 Å². The van der Waals surface area contributed by atoms with Gasteiger partial charge in [0.15, 0.2) is 0 Å². The molecule has 4 heteroatoms. The minimum Gasteiger partial charge on any atom is -0.491 e. The van der Waals surface area contributed by atoms with Crippen LogP contribution in [0.5, 0.6) is 5.75 Å². The van der Waals surface area contributed by atoms with E-state index in [1.165, 1.54) is 5.56 Å². The summed E-state index contributed by atoms with van der Waals surface area (Å²) in [5.41, 5.74) is 7.93. The summed E-state index contributed by atoms with van der Waals surface area (Å²) in [7, 11) is 0. The van der Waals surface area contributed by atoms with Crippen molar-refractivity contribution in [3.63, 3.8) is 0 Å². The van der Waals surface area contributed by atoms with E-state index in [1.807, 2.05) is 33.8 Å². The van der Waals surface area contributed by atoms with Crippen molar-refractivity contribution in [1.82, 2.24) is 5.32 Å². The van der Waals surface area contributed by atoms with Gasteiger partial charge in [0.25, 0.3) is 0 Å². The molecule has 1 rings (SSSR count). The van der Waals surface area contributed by atoms with Crippen molar-refractivity contribution >= 4 is 5.91 Å². The molecule has 0 saturated heterocycles. The molecule has 1 amide bonds. The van der Waals surface area contributed by atoms with Crippen LogP contribution in [0.4, 0.5) is 0 Å². The van der Waals surface area contributed by atoms with E-state index in [4.69, 9.17) is 10.5 Å². The highest BCUT2D eigenvalue weighted by Crippen LogP contribution is 2.26. The molecule has 0 aromatic heterocycles. The van der Waals surface area contributed by atoms with E-state index in [2.05, 4.69) is 11.4 Å². The minimum atomic E-state index is -0.850. The number of nitrogens with one attached hydrogen (secondary N) is 1. The van der Waals surface area contributed by atoms with Crippen LogP contribution in [0.3, 0.4) is 0 Å². The quantitative estimate of drug-likeness (QED) is 0.824. The van der Waals surface area contributed by atoms with Crippen LogP contribution in [0, 0.1) is 20.8 Å². The number of benzene rings is 1. The molecule has 0 radical (unpaired) electrons. The molecule has 1 atom stereocenters. The van der Waals surface area contributed by atoms with Gasteiger partial charge in [-0.15, -0.1) is 0 Å². The average molecular weight is 264 g/mol. The molecule has 106 valence electrons. The molecule has 3 N–H and O–H groups in total. The average Bonchev–Trinajstić information content (AvgIpc) is 2.34. The molecule has 0 aliphatic heterocycles. The maximum absolute atomic E-state index is 11.5. The van der Waals surface area contributed by atoms with Crippen molar-refractivity contribution in [2.24, 2.45) is 5.73 Å². The van der Waals surface area contributed by atoms with E-state index in [1.54, 1.807) is 6.92 Å². The van der Waals surface area contributed by atoms with Gasteiger partial charge >= 0.3 is 0 Å². The van der Waals surface area contributed by atoms with Gasteiger partial charge in [0.1, 0.15) is 17.9 Å². The number of carbonyl (C=O) groups is 1. The number of hydrogen-bond donors (Lipinski definition) is 2. The van der Waals surface area contributed by atoms with Gasteiger partial charge in [-0.2, -0.15) is 0 Å². The largest absolute Gasteiger partial charge is 0.491 e. The van der Waals surface area contributed by atoms with E-state index in [-0.39, 0.29) is 6.61 Å². The molecule has 1 aromatic carbocycles. The maximum atomic E-state index is 11.5. The first kappa shape index (κ1) is 15.5. The fraction of sp³-hybridized carbons (Fsp3) is 0.533. The van der Waals surface area contributed by atoms with Gasteiger partial charge in [-0.3, -0.25) is 4.79 Å². The smallest absolute Gasteiger partial charge is 0.240 e. The molecule has 0 spiro atoms. The molecule has 0 heterocycles. The van der Waals surface area contributed by atoms with E-state index in [0.29, 0.717) is 6.54 Å². The Kier molecular flexibility index (Phi) is 4.95. The van der Waals surface area contributed by atoms with E-state index in [0.717, 1.165) is 16.9 Å². The predicted molar refractivity (Wildman–Crippen MR) is 77.4 cm³/mol. The third kappa shape index (κ3) is 3.47. The normalized spacial score (nSPS) is 13.9. The Hall–Kier alpha value is -1.55. The Balaban J connectivity index is 2.92. The van der Waals surface area contributed by atoms with Crippen LogP contribution in [-0.2, 0) is 4.79 Å². The predicted octanol–water partition coefficient (Wildman–Crippen LogP) is 1.84. The summed E-state index contributed by atoms with van der Waals surface area (Å²) >= 11 is 0. The fourth-order valence-electron chi connectivity index (χ4n) is 1.96.